The summed E-state index contributed by atoms with van der Waals surface area (Å²) in [7, 11) is 1.58. The molecule has 2 N–H and O–H groups in total. The van der Waals surface area contributed by atoms with Crippen LogP contribution in [0.5, 0.6) is 5.88 Å². The van der Waals surface area contributed by atoms with Crippen LogP contribution in [-0.4, -0.2) is 34.1 Å². The number of carboxylic acids is 1. The SMILES string of the molecule is COc1nc2sccn2c1CNCCC(=O)O. The van der Waals surface area contributed by atoms with Crippen molar-refractivity contribution in [1.29, 1.82) is 0 Å². The summed E-state index contributed by atoms with van der Waals surface area (Å²) in [5.74, 6) is -0.224. The normalized spacial score (nSPS) is 10.9. The van der Waals surface area contributed by atoms with Gasteiger partial charge in [0.15, 0.2) is 4.96 Å². The number of hydrogen-bond acceptors (Lipinski definition) is 5. The standard InChI is InChI=1S/C10H13N3O3S/c1-16-9-7(6-11-3-2-8(14)15)13-4-5-17-10(13)12-9/h4-5,11H,2-3,6H2,1H3,(H,14,15). The molecule has 0 amide bonds. The average molecular weight is 255 g/mol. The fourth-order valence-corrected chi connectivity index (χ4v) is 2.26. The van der Waals surface area contributed by atoms with E-state index in [1.807, 2.05) is 16.0 Å². The highest BCUT2D eigenvalue weighted by atomic mass is 32.1. The maximum Gasteiger partial charge on any atom is 0.304 e. The number of carbonyl (C=O) groups is 1. The van der Waals surface area contributed by atoms with E-state index in [1.54, 1.807) is 7.11 Å². The molecule has 7 heteroatoms. The van der Waals surface area contributed by atoms with Crippen LogP contribution in [0.15, 0.2) is 11.6 Å². The van der Waals surface area contributed by atoms with Gasteiger partial charge in [0, 0.05) is 24.7 Å². The molecule has 0 spiro atoms. The van der Waals surface area contributed by atoms with Crippen LogP contribution in [0.2, 0.25) is 0 Å². The van der Waals surface area contributed by atoms with Gasteiger partial charge in [-0.05, 0) is 0 Å². The average Bonchev–Trinajstić information content (AvgIpc) is 2.84. The highest BCUT2D eigenvalue weighted by Gasteiger charge is 2.12. The molecule has 0 aliphatic carbocycles. The lowest BCUT2D eigenvalue weighted by Gasteiger charge is -2.04. The fourth-order valence-electron chi connectivity index (χ4n) is 1.54. The first-order chi connectivity index (χ1) is 8.22. The number of hydrogen-bond donors (Lipinski definition) is 2. The number of aliphatic carboxylic acids is 1. The predicted molar refractivity (Wildman–Crippen MR) is 63.6 cm³/mol. The van der Waals surface area contributed by atoms with E-state index in [0.29, 0.717) is 19.0 Å². The number of fused-ring (bicyclic) bond motifs is 1. The lowest BCUT2D eigenvalue weighted by Crippen LogP contribution is -2.18. The van der Waals surface area contributed by atoms with Crippen molar-refractivity contribution < 1.29 is 14.6 Å². The summed E-state index contributed by atoms with van der Waals surface area (Å²) in [6.45, 7) is 0.963. The van der Waals surface area contributed by atoms with Crippen LogP contribution >= 0.6 is 11.3 Å². The Kier molecular flexibility index (Phi) is 3.60. The zero-order valence-electron chi connectivity index (χ0n) is 9.34. The fraction of sp³-hybridized carbons (Fsp3) is 0.400. The van der Waals surface area contributed by atoms with Crippen LogP contribution in [0.3, 0.4) is 0 Å². The van der Waals surface area contributed by atoms with E-state index in [9.17, 15) is 4.79 Å². The van der Waals surface area contributed by atoms with Crippen molar-refractivity contribution in [2.45, 2.75) is 13.0 Å². The van der Waals surface area contributed by atoms with Gasteiger partial charge in [-0.25, -0.2) is 0 Å². The summed E-state index contributed by atoms with van der Waals surface area (Å²) in [6, 6.07) is 0. The smallest absolute Gasteiger partial charge is 0.304 e. The van der Waals surface area contributed by atoms with Crippen molar-refractivity contribution in [1.82, 2.24) is 14.7 Å². The Balaban J connectivity index is 2.05. The van der Waals surface area contributed by atoms with Gasteiger partial charge in [-0.15, -0.1) is 11.3 Å². The molecule has 0 atom stereocenters. The predicted octanol–water partition coefficient (Wildman–Crippen LogP) is 0.969. The van der Waals surface area contributed by atoms with Crippen LogP contribution in [0.1, 0.15) is 12.1 Å². The summed E-state index contributed by atoms with van der Waals surface area (Å²) in [5.41, 5.74) is 0.911. The van der Waals surface area contributed by atoms with E-state index >= 15 is 0 Å². The highest BCUT2D eigenvalue weighted by molar-refractivity contribution is 7.15. The van der Waals surface area contributed by atoms with Gasteiger partial charge in [0.05, 0.1) is 13.5 Å². The lowest BCUT2D eigenvalue weighted by atomic mass is 10.4. The molecule has 0 saturated heterocycles. The van der Waals surface area contributed by atoms with E-state index in [0.717, 1.165) is 10.7 Å². The Bertz CT molecular complexity index is 520. The number of nitrogens with one attached hydrogen (secondary N) is 1. The van der Waals surface area contributed by atoms with Crippen molar-refractivity contribution in [3.63, 3.8) is 0 Å². The number of rotatable bonds is 6. The van der Waals surface area contributed by atoms with Crippen LogP contribution in [0.4, 0.5) is 0 Å². The summed E-state index contributed by atoms with van der Waals surface area (Å²) in [4.78, 5) is 15.6. The zero-order chi connectivity index (χ0) is 12.3. The van der Waals surface area contributed by atoms with Crippen molar-refractivity contribution in [2.75, 3.05) is 13.7 Å². The second kappa shape index (κ2) is 5.15. The van der Waals surface area contributed by atoms with E-state index in [1.165, 1.54) is 11.3 Å². The van der Waals surface area contributed by atoms with E-state index < -0.39 is 5.97 Å². The molecule has 0 bridgehead atoms. The van der Waals surface area contributed by atoms with Gasteiger partial charge >= 0.3 is 5.97 Å². The minimum absolute atomic E-state index is 0.105. The third-order valence-corrected chi connectivity index (χ3v) is 3.08. The van der Waals surface area contributed by atoms with Gasteiger partial charge in [0.25, 0.3) is 0 Å². The van der Waals surface area contributed by atoms with E-state index in [2.05, 4.69) is 10.3 Å². The van der Waals surface area contributed by atoms with Gasteiger partial charge in [-0.1, -0.05) is 0 Å². The highest BCUT2D eigenvalue weighted by Crippen LogP contribution is 2.22. The monoisotopic (exact) mass is 255 g/mol. The number of imidazole rings is 1. The molecule has 0 fully saturated rings. The second-order valence-corrected chi connectivity index (χ2v) is 4.32. The molecule has 92 valence electrons. The van der Waals surface area contributed by atoms with Crippen molar-refractivity contribution in [3.8, 4) is 5.88 Å². The molecule has 2 aromatic rings. The number of methoxy groups -OCH3 is 1. The number of carboxylic acid groups (broad SMARTS) is 1. The quantitative estimate of drug-likeness (QED) is 0.752. The van der Waals surface area contributed by atoms with Crippen molar-refractivity contribution >= 4 is 22.3 Å². The van der Waals surface area contributed by atoms with Crippen LogP contribution < -0.4 is 10.1 Å². The Morgan fingerprint density at radius 3 is 3.24 bits per heavy atom. The molecule has 0 aliphatic rings. The molecule has 0 unspecified atom stereocenters. The van der Waals surface area contributed by atoms with Gasteiger partial charge in [0.2, 0.25) is 5.88 Å². The third-order valence-electron chi connectivity index (χ3n) is 2.33. The Labute approximate surface area is 102 Å². The maximum atomic E-state index is 10.4. The van der Waals surface area contributed by atoms with Crippen molar-refractivity contribution in [3.05, 3.63) is 17.3 Å². The minimum Gasteiger partial charge on any atom is -0.481 e. The molecule has 2 aromatic heterocycles. The Morgan fingerprint density at radius 1 is 1.71 bits per heavy atom. The van der Waals surface area contributed by atoms with Crippen LogP contribution in [0.25, 0.3) is 4.96 Å². The molecule has 6 nitrogen and oxygen atoms in total. The second-order valence-electron chi connectivity index (χ2n) is 3.44. The summed E-state index contributed by atoms with van der Waals surface area (Å²) < 4.78 is 7.13. The number of ether oxygens (including phenoxy) is 1. The van der Waals surface area contributed by atoms with Crippen LogP contribution in [-0.2, 0) is 11.3 Å². The summed E-state index contributed by atoms with van der Waals surface area (Å²) in [5, 5.41) is 13.5. The third kappa shape index (κ3) is 2.56. The summed E-state index contributed by atoms with van der Waals surface area (Å²) >= 11 is 1.53. The molecule has 2 rings (SSSR count). The molecule has 2 heterocycles. The van der Waals surface area contributed by atoms with Crippen LogP contribution in [0, 0.1) is 0 Å². The Morgan fingerprint density at radius 2 is 2.53 bits per heavy atom. The largest absolute Gasteiger partial charge is 0.481 e. The van der Waals surface area contributed by atoms with Gasteiger partial charge in [-0.2, -0.15) is 4.98 Å². The molecule has 0 saturated carbocycles. The number of thiazole rings is 1. The lowest BCUT2D eigenvalue weighted by molar-refractivity contribution is -0.136. The molecular formula is C10H13N3O3S. The maximum absolute atomic E-state index is 10.4. The van der Waals surface area contributed by atoms with Gasteiger partial charge in [0.1, 0.15) is 5.69 Å². The molecule has 0 radical (unpaired) electrons. The first kappa shape index (κ1) is 11.9. The van der Waals surface area contributed by atoms with E-state index in [-0.39, 0.29) is 6.42 Å². The first-order valence-electron chi connectivity index (χ1n) is 5.13. The number of nitrogens with zero attached hydrogens (tertiary/aromatic N) is 2. The van der Waals surface area contributed by atoms with E-state index in [4.69, 9.17) is 9.84 Å². The molecule has 0 aromatic carbocycles. The summed E-state index contributed by atoms with van der Waals surface area (Å²) in [6.07, 6.45) is 2.03. The van der Waals surface area contributed by atoms with Gasteiger partial charge in [-0.3, -0.25) is 9.20 Å². The number of aromatic nitrogens is 2. The topological polar surface area (TPSA) is 75.9 Å². The van der Waals surface area contributed by atoms with Gasteiger partial charge < -0.3 is 15.2 Å². The van der Waals surface area contributed by atoms with Crippen molar-refractivity contribution in [2.24, 2.45) is 0 Å². The zero-order valence-corrected chi connectivity index (χ0v) is 10.2. The molecular weight excluding hydrogens is 242 g/mol. The molecule has 0 aliphatic heterocycles. The Hall–Kier alpha value is -1.60. The minimum atomic E-state index is -0.807. The molecule has 17 heavy (non-hydrogen) atoms. The first-order valence-corrected chi connectivity index (χ1v) is 6.01.